The van der Waals surface area contributed by atoms with Gasteiger partial charge in [0.05, 0.1) is 14.2 Å². The van der Waals surface area contributed by atoms with Gasteiger partial charge in [0.25, 0.3) is 0 Å². The van der Waals surface area contributed by atoms with Crippen molar-refractivity contribution in [2.75, 3.05) is 51.2 Å². The van der Waals surface area contributed by atoms with Crippen LogP contribution in [-0.2, 0) is 17.6 Å². The average molecular weight is 384 g/mol. The fourth-order valence-electron chi connectivity index (χ4n) is 4.05. The van der Waals surface area contributed by atoms with Gasteiger partial charge >= 0.3 is 0 Å². The van der Waals surface area contributed by atoms with E-state index in [4.69, 9.17) is 24.9 Å². The molecule has 150 valence electrons. The number of hydrogen-bond donors (Lipinski definition) is 1. The van der Waals surface area contributed by atoms with Gasteiger partial charge in [-0.1, -0.05) is 0 Å². The molecule has 0 amide bonds. The Morgan fingerprint density at radius 3 is 2.14 bits per heavy atom. The molecule has 28 heavy (non-hydrogen) atoms. The second kappa shape index (κ2) is 8.22. The Labute approximate surface area is 165 Å². The van der Waals surface area contributed by atoms with E-state index in [0.29, 0.717) is 11.7 Å². The Morgan fingerprint density at radius 1 is 0.964 bits per heavy atom. The van der Waals surface area contributed by atoms with Crippen LogP contribution < -0.4 is 20.1 Å². The molecule has 3 heterocycles. The molecule has 0 unspecified atom stereocenters. The fourth-order valence-corrected chi connectivity index (χ4v) is 4.05. The van der Waals surface area contributed by atoms with Crippen molar-refractivity contribution in [2.24, 2.45) is 0 Å². The molecule has 1 aromatic heterocycles. The van der Waals surface area contributed by atoms with Crippen molar-refractivity contribution >= 4 is 11.6 Å². The monoisotopic (exact) mass is 384 g/mol. The van der Waals surface area contributed by atoms with Crippen molar-refractivity contribution in [3.8, 4) is 11.5 Å². The molecule has 0 aliphatic carbocycles. The first-order valence-electron chi connectivity index (χ1n) is 9.89. The van der Waals surface area contributed by atoms with Gasteiger partial charge in [-0.25, -0.2) is 9.97 Å². The lowest BCUT2D eigenvalue weighted by atomic mass is 9.99. The van der Waals surface area contributed by atoms with E-state index in [1.54, 1.807) is 14.2 Å². The smallest absolute Gasteiger partial charge is 0.161 e. The number of rotatable bonds is 4. The first-order valence-corrected chi connectivity index (χ1v) is 9.89. The Bertz CT molecular complexity index is 802. The number of anilines is 2. The molecule has 1 saturated heterocycles. The van der Waals surface area contributed by atoms with Gasteiger partial charge in [0.1, 0.15) is 17.5 Å². The van der Waals surface area contributed by atoms with Gasteiger partial charge in [0.15, 0.2) is 11.5 Å². The highest BCUT2D eigenvalue weighted by molar-refractivity contribution is 5.51. The molecule has 1 aromatic carbocycles. The highest BCUT2D eigenvalue weighted by atomic mass is 16.5. The van der Waals surface area contributed by atoms with Crippen molar-refractivity contribution in [3.63, 3.8) is 0 Å². The van der Waals surface area contributed by atoms with E-state index in [1.165, 1.54) is 11.1 Å². The van der Waals surface area contributed by atoms with Gasteiger partial charge in [-0.15, -0.1) is 0 Å². The van der Waals surface area contributed by atoms with Crippen LogP contribution >= 0.6 is 0 Å². The van der Waals surface area contributed by atoms with Crippen LogP contribution in [0.4, 0.5) is 11.6 Å². The summed E-state index contributed by atoms with van der Waals surface area (Å²) in [5.74, 6) is 4.19. The van der Waals surface area contributed by atoms with Crippen molar-refractivity contribution in [2.45, 2.75) is 31.6 Å². The molecule has 0 atom stereocenters. The molecule has 0 saturated carbocycles. The fraction of sp³-hybridized carbons (Fsp3) is 0.524. The molecular formula is C21H28N4O3. The molecule has 2 N–H and O–H groups in total. The molecule has 4 rings (SSSR count). The Hall–Kier alpha value is -2.54. The van der Waals surface area contributed by atoms with Crippen LogP contribution in [0.1, 0.15) is 35.7 Å². The van der Waals surface area contributed by atoms with Gasteiger partial charge in [-0.2, -0.15) is 0 Å². The second-order valence-corrected chi connectivity index (χ2v) is 7.36. The van der Waals surface area contributed by atoms with Gasteiger partial charge in [0.2, 0.25) is 0 Å². The highest BCUT2D eigenvalue weighted by Crippen LogP contribution is 2.33. The van der Waals surface area contributed by atoms with E-state index in [1.807, 2.05) is 6.07 Å². The third kappa shape index (κ3) is 3.85. The molecule has 0 radical (unpaired) electrons. The maximum atomic E-state index is 6.13. The van der Waals surface area contributed by atoms with Crippen molar-refractivity contribution < 1.29 is 14.2 Å². The summed E-state index contributed by atoms with van der Waals surface area (Å²) in [6.07, 6.45) is 3.75. The molecule has 1 fully saturated rings. The van der Waals surface area contributed by atoms with E-state index in [2.05, 4.69) is 22.0 Å². The van der Waals surface area contributed by atoms with E-state index in [0.717, 1.165) is 75.1 Å². The third-order valence-electron chi connectivity index (χ3n) is 5.67. The second-order valence-electron chi connectivity index (χ2n) is 7.36. The molecular weight excluding hydrogens is 356 g/mol. The first kappa shape index (κ1) is 18.8. The van der Waals surface area contributed by atoms with Crippen molar-refractivity contribution in [1.82, 2.24) is 9.97 Å². The number of benzene rings is 1. The van der Waals surface area contributed by atoms with Gasteiger partial charge < -0.3 is 24.8 Å². The Morgan fingerprint density at radius 2 is 1.57 bits per heavy atom. The summed E-state index contributed by atoms with van der Waals surface area (Å²) in [5.41, 5.74) is 8.73. The van der Waals surface area contributed by atoms with Crippen LogP contribution in [-0.4, -0.2) is 50.5 Å². The number of nitrogens with two attached hydrogens (primary N) is 1. The molecule has 0 spiro atoms. The predicted octanol–water partition coefficient (Wildman–Crippen LogP) is 2.58. The SMILES string of the molecule is COc1cc2c(cc1OC)CCN(c1cc(N)nc(C3CCOCC3)n1)CC2. The maximum absolute atomic E-state index is 6.13. The van der Waals surface area contributed by atoms with Crippen molar-refractivity contribution in [3.05, 3.63) is 35.2 Å². The minimum absolute atomic E-state index is 0.327. The van der Waals surface area contributed by atoms with Gasteiger partial charge in [0, 0.05) is 38.3 Å². The molecule has 2 aliphatic heterocycles. The summed E-state index contributed by atoms with van der Waals surface area (Å²) in [4.78, 5) is 11.7. The van der Waals surface area contributed by atoms with E-state index in [9.17, 15) is 0 Å². The number of ether oxygens (including phenoxy) is 3. The number of nitrogen functional groups attached to an aromatic ring is 1. The number of fused-ring (bicyclic) bond motifs is 1. The zero-order valence-corrected chi connectivity index (χ0v) is 16.6. The molecule has 2 aliphatic rings. The first-order chi connectivity index (χ1) is 13.7. The standard InChI is InChI=1S/C21H28N4O3/c1-26-17-11-15-3-7-25(8-4-16(15)12-18(17)27-2)20-13-19(22)23-21(24-20)14-5-9-28-10-6-14/h11-14H,3-10H2,1-2H3,(H2,22,23,24). The summed E-state index contributed by atoms with van der Waals surface area (Å²) in [7, 11) is 3.35. The quantitative estimate of drug-likeness (QED) is 0.867. The maximum Gasteiger partial charge on any atom is 0.161 e. The normalized spacial score (nSPS) is 17.7. The predicted molar refractivity (Wildman–Crippen MR) is 108 cm³/mol. The van der Waals surface area contributed by atoms with E-state index in [-0.39, 0.29) is 0 Å². The van der Waals surface area contributed by atoms with Gasteiger partial charge in [-0.3, -0.25) is 0 Å². The van der Waals surface area contributed by atoms with Crippen LogP contribution in [0.5, 0.6) is 11.5 Å². The lowest BCUT2D eigenvalue weighted by Crippen LogP contribution is -2.28. The summed E-state index contributed by atoms with van der Waals surface area (Å²) < 4.78 is 16.4. The summed E-state index contributed by atoms with van der Waals surface area (Å²) in [6.45, 7) is 3.29. The van der Waals surface area contributed by atoms with E-state index < -0.39 is 0 Å². The lowest BCUT2D eigenvalue weighted by molar-refractivity contribution is 0.0836. The topological polar surface area (TPSA) is 82.7 Å². The Balaban J connectivity index is 1.57. The molecule has 0 bridgehead atoms. The average Bonchev–Trinajstić information content (AvgIpc) is 2.95. The number of aromatic nitrogens is 2. The van der Waals surface area contributed by atoms with Crippen LogP contribution in [0, 0.1) is 0 Å². The summed E-state index contributed by atoms with van der Waals surface area (Å²) in [5, 5.41) is 0. The number of methoxy groups -OCH3 is 2. The molecule has 7 nitrogen and oxygen atoms in total. The van der Waals surface area contributed by atoms with Crippen LogP contribution in [0.15, 0.2) is 18.2 Å². The van der Waals surface area contributed by atoms with Crippen molar-refractivity contribution in [1.29, 1.82) is 0 Å². The van der Waals surface area contributed by atoms with Crippen LogP contribution in [0.3, 0.4) is 0 Å². The summed E-state index contributed by atoms with van der Waals surface area (Å²) >= 11 is 0. The largest absolute Gasteiger partial charge is 0.493 e. The highest BCUT2D eigenvalue weighted by Gasteiger charge is 2.22. The minimum Gasteiger partial charge on any atom is -0.493 e. The molecule has 7 heteroatoms. The Kier molecular flexibility index (Phi) is 5.52. The van der Waals surface area contributed by atoms with Crippen LogP contribution in [0.25, 0.3) is 0 Å². The van der Waals surface area contributed by atoms with Crippen LogP contribution in [0.2, 0.25) is 0 Å². The number of hydrogen-bond acceptors (Lipinski definition) is 7. The summed E-state index contributed by atoms with van der Waals surface area (Å²) in [6, 6.07) is 6.08. The van der Waals surface area contributed by atoms with E-state index >= 15 is 0 Å². The number of nitrogens with zero attached hydrogens (tertiary/aromatic N) is 3. The minimum atomic E-state index is 0.327. The third-order valence-corrected chi connectivity index (χ3v) is 5.67. The lowest BCUT2D eigenvalue weighted by Gasteiger charge is -2.25. The zero-order chi connectivity index (χ0) is 19.5. The molecule has 2 aromatic rings. The zero-order valence-electron chi connectivity index (χ0n) is 16.6. The van der Waals surface area contributed by atoms with Gasteiger partial charge in [-0.05, 0) is 48.9 Å².